The van der Waals surface area contributed by atoms with Crippen LogP contribution >= 0.6 is 22.9 Å². The molecule has 34 heavy (non-hydrogen) atoms. The Hall–Kier alpha value is -2.85. The predicted octanol–water partition coefficient (Wildman–Crippen LogP) is 3.96. The summed E-state index contributed by atoms with van der Waals surface area (Å²) >= 11 is 8.29. The number of halogens is 1. The lowest BCUT2D eigenvalue weighted by Gasteiger charge is -2.24. The fraction of sp³-hybridized carbons (Fsp3) is 0.333. The molecule has 0 saturated carbocycles. The van der Waals surface area contributed by atoms with Crippen LogP contribution < -0.4 is 16.2 Å². The summed E-state index contributed by atoms with van der Waals surface area (Å²) in [5.41, 5.74) is 3.43. The lowest BCUT2D eigenvalue weighted by atomic mass is 10.0. The first kappa shape index (κ1) is 22.9. The van der Waals surface area contributed by atoms with Gasteiger partial charge in [-0.1, -0.05) is 23.7 Å². The number of anilines is 1. The molecule has 1 saturated heterocycles. The Morgan fingerprint density at radius 3 is 2.88 bits per heavy atom. The monoisotopic (exact) mass is 496 g/mol. The highest BCUT2D eigenvalue weighted by molar-refractivity contribution is 7.09. The molecule has 1 aliphatic heterocycles. The Kier molecular flexibility index (Phi) is 6.60. The van der Waals surface area contributed by atoms with Gasteiger partial charge < -0.3 is 15.4 Å². The molecule has 1 atom stereocenters. The molecular formula is C24H25ClN6O2S. The fourth-order valence-corrected chi connectivity index (χ4v) is 5.05. The molecule has 1 aliphatic rings. The summed E-state index contributed by atoms with van der Waals surface area (Å²) < 4.78 is 7.55. The lowest BCUT2D eigenvalue weighted by Crippen LogP contribution is -2.39. The average molecular weight is 497 g/mol. The molecule has 10 heteroatoms. The Balaban J connectivity index is 1.58. The van der Waals surface area contributed by atoms with Gasteiger partial charge in [0, 0.05) is 65.4 Å². The molecule has 0 radical (unpaired) electrons. The van der Waals surface area contributed by atoms with Gasteiger partial charge in [0.05, 0.1) is 23.4 Å². The number of fused-ring (bicyclic) bond motifs is 1. The van der Waals surface area contributed by atoms with Crippen molar-refractivity contribution in [1.82, 2.24) is 24.8 Å². The zero-order valence-corrected chi connectivity index (χ0v) is 20.5. The third kappa shape index (κ3) is 4.56. The summed E-state index contributed by atoms with van der Waals surface area (Å²) in [5.74, 6) is 0.463. The largest absolute Gasteiger partial charge is 0.376 e. The lowest BCUT2D eigenvalue weighted by molar-refractivity contribution is 0.0211. The molecule has 4 heterocycles. The predicted molar refractivity (Wildman–Crippen MR) is 137 cm³/mol. The van der Waals surface area contributed by atoms with E-state index in [-0.39, 0.29) is 11.7 Å². The van der Waals surface area contributed by atoms with Crippen molar-refractivity contribution in [2.45, 2.75) is 26.0 Å². The van der Waals surface area contributed by atoms with Crippen LogP contribution in [0.2, 0.25) is 5.02 Å². The van der Waals surface area contributed by atoms with Crippen LogP contribution in [-0.4, -0.2) is 52.4 Å². The number of morpholine rings is 1. The maximum Gasteiger partial charge on any atom is 0.260 e. The molecule has 8 nitrogen and oxygen atoms in total. The molecule has 0 amide bonds. The van der Waals surface area contributed by atoms with Gasteiger partial charge in [0.15, 0.2) is 0 Å². The van der Waals surface area contributed by atoms with Crippen LogP contribution in [0.3, 0.4) is 0 Å². The minimum absolute atomic E-state index is 0.0504. The molecule has 2 N–H and O–H groups in total. The van der Waals surface area contributed by atoms with Crippen molar-refractivity contribution >= 4 is 39.9 Å². The molecule has 1 fully saturated rings. The van der Waals surface area contributed by atoms with Gasteiger partial charge in [-0.15, -0.1) is 11.3 Å². The number of aryl methyl sites for hydroxylation is 2. The van der Waals surface area contributed by atoms with E-state index in [1.807, 2.05) is 36.6 Å². The SMILES string of the molecule is CNc1ncc2cc(-c3ccc(-c4csc(C)n4)cc3Cl)c(=O)n(CCC3CNCCO3)c2n1. The van der Waals surface area contributed by atoms with Crippen molar-refractivity contribution in [3.8, 4) is 22.4 Å². The summed E-state index contributed by atoms with van der Waals surface area (Å²) in [5, 5.41) is 10.6. The number of benzene rings is 1. The molecule has 4 aromatic rings. The van der Waals surface area contributed by atoms with Crippen molar-refractivity contribution in [2.24, 2.45) is 0 Å². The van der Waals surface area contributed by atoms with Gasteiger partial charge in [-0.05, 0) is 25.5 Å². The van der Waals surface area contributed by atoms with Gasteiger partial charge in [0.1, 0.15) is 5.65 Å². The third-order valence-corrected chi connectivity index (χ3v) is 6.99. The molecule has 3 aromatic heterocycles. The number of pyridine rings is 1. The van der Waals surface area contributed by atoms with Gasteiger partial charge in [0.2, 0.25) is 5.95 Å². The van der Waals surface area contributed by atoms with Gasteiger partial charge in [-0.25, -0.2) is 9.97 Å². The quantitative estimate of drug-likeness (QED) is 0.417. The second-order valence-electron chi connectivity index (χ2n) is 8.17. The van der Waals surface area contributed by atoms with Crippen molar-refractivity contribution in [3.05, 3.63) is 56.2 Å². The molecule has 0 bridgehead atoms. The van der Waals surface area contributed by atoms with E-state index in [2.05, 4.69) is 25.6 Å². The first-order chi connectivity index (χ1) is 16.5. The van der Waals surface area contributed by atoms with Crippen LogP contribution in [0.25, 0.3) is 33.4 Å². The molecule has 176 valence electrons. The van der Waals surface area contributed by atoms with E-state index >= 15 is 0 Å². The van der Waals surface area contributed by atoms with E-state index in [0.29, 0.717) is 47.3 Å². The van der Waals surface area contributed by atoms with Crippen molar-refractivity contribution in [1.29, 1.82) is 0 Å². The highest BCUT2D eigenvalue weighted by Crippen LogP contribution is 2.32. The number of ether oxygens (including phenoxy) is 1. The van der Waals surface area contributed by atoms with E-state index in [1.165, 1.54) is 0 Å². The minimum atomic E-state index is -0.142. The number of hydrogen-bond acceptors (Lipinski definition) is 8. The van der Waals surface area contributed by atoms with Gasteiger partial charge in [-0.2, -0.15) is 4.98 Å². The van der Waals surface area contributed by atoms with Crippen LogP contribution in [0.1, 0.15) is 11.4 Å². The van der Waals surface area contributed by atoms with Gasteiger partial charge in [0.25, 0.3) is 5.56 Å². The summed E-state index contributed by atoms with van der Waals surface area (Å²) in [7, 11) is 1.75. The number of aromatic nitrogens is 4. The summed E-state index contributed by atoms with van der Waals surface area (Å²) in [6.07, 6.45) is 2.47. The zero-order valence-electron chi connectivity index (χ0n) is 19.0. The molecular weight excluding hydrogens is 472 g/mol. The zero-order chi connectivity index (χ0) is 23.7. The van der Waals surface area contributed by atoms with Crippen LogP contribution in [0.15, 0.2) is 40.6 Å². The van der Waals surface area contributed by atoms with Crippen LogP contribution in [-0.2, 0) is 11.3 Å². The Morgan fingerprint density at radius 1 is 1.29 bits per heavy atom. The Bertz CT molecular complexity index is 1400. The third-order valence-electron chi connectivity index (χ3n) is 5.90. The van der Waals surface area contributed by atoms with Crippen LogP contribution in [0.5, 0.6) is 0 Å². The molecule has 1 aromatic carbocycles. The van der Waals surface area contributed by atoms with Crippen molar-refractivity contribution < 1.29 is 4.74 Å². The highest BCUT2D eigenvalue weighted by Gasteiger charge is 2.19. The second kappa shape index (κ2) is 9.79. The standard InChI is InChI=1S/C24H25ClN6O2S/c1-14-29-21(13-34-14)15-3-4-18(20(25)10-15)19-9-16-11-28-24(26-2)30-22(16)31(23(19)32)7-5-17-12-27-6-8-33-17/h3-4,9-11,13,17,27H,5-8,12H2,1-2H3,(H,26,28,30). The molecule has 0 spiro atoms. The smallest absolute Gasteiger partial charge is 0.260 e. The van der Waals surface area contributed by atoms with Crippen molar-refractivity contribution in [2.75, 3.05) is 32.1 Å². The van der Waals surface area contributed by atoms with Crippen LogP contribution in [0.4, 0.5) is 5.95 Å². The number of thiazole rings is 1. The highest BCUT2D eigenvalue weighted by atomic mass is 35.5. The topological polar surface area (TPSA) is 94.0 Å². The molecule has 1 unspecified atom stereocenters. The minimum Gasteiger partial charge on any atom is -0.376 e. The normalized spacial score (nSPS) is 16.1. The number of nitrogens with zero attached hydrogens (tertiary/aromatic N) is 4. The average Bonchev–Trinajstić information content (AvgIpc) is 3.30. The van der Waals surface area contributed by atoms with E-state index in [4.69, 9.17) is 16.3 Å². The van der Waals surface area contributed by atoms with E-state index in [0.717, 1.165) is 34.7 Å². The summed E-state index contributed by atoms with van der Waals surface area (Å²) in [6, 6.07) is 7.52. The Labute approximate surface area is 206 Å². The van der Waals surface area contributed by atoms with Crippen molar-refractivity contribution in [3.63, 3.8) is 0 Å². The fourth-order valence-electron chi connectivity index (χ4n) is 4.15. The maximum absolute atomic E-state index is 13.7. The van der Waals surface area contributed by atoms with E-state index in [1.54, 1.807) is 29.1 Å². The summed E-state index contributed by atoms with van der Waals surface area (Å²) in [4.78, 5) is 27.2. The second-order valence-corrected chi connectivity index (χ2v) is 9.64. The molecule has 0 aliphatic carbocycles. The summed E-state index contributed by atoms with van der Waals surface area (Å²) in [6.45, 7) is 4.74. The first-order valence-corrected chi connectivity index (χ1v) is 12.4. The number of nitrogens with one attached hydrogen (secondary N) is 2. The first-order valence-electron chi connectivity index (χ1n) is 11.2. The number of hydrogen-bond donors (Lipinski definition) is 2. The maximum atomic E-state index is 13.7. The van der Waals surface area contributed by atoms with Gasteiger partial charge >= 0.3 is 0 Å². The molecule has 5 rings (SSSR count). The Morgan fingerprint density at radius 2 is 2.18 bits per heavy atom. The number of rotatable bonds is 6. The van der Waals surface area contributed by atoms with Crippen LogP contribution in [0, 0.1) is 6.92 Å². The van der Waals surface area contributed by atoms with Gasteiger partial charge in [-0.3, -0.25) is 9.36 Å². The van der Waals surface area contributed by atoms with E-state index in [9.17, 15) is 4.79 Å². The van der Waals surface area contributed by atoms with E-state index < -0.39 is 0 Å².